The summed E-state index contributed by atoms with van der Waals surface area (Å²) in [5, 5.41) is 4.65. The van der Waals surface area contributed by atoms with Crippen LogP contribution in [-0.4, -0.2) is 18.0 Å². The monoisotopic (exact) mass is 195 g/mol. The molecule has 0 bridgehead atoms. The van der Waals surface area contributed by atoms with Gasteiger partial charge in [-0.25, -0.2) is 18.5 Å². The highest BCUT2D eigenvalue weighted by Crippen LogP contribution is 2.09. The van der Waals surface area contributed by atoms with Crippen LogP contribution in [0.1, 0.15) is 0 Å². The zero-order valence-corrected chi connectivity index (χ0v) is 7.22. The molecule has 0 fully saturated rings. The number of nitrogens with two attached hydrogens (primary N) is 1. The second-order valence-corrected chi connectivity index (χ2v) is 3.85. The van der Waals surface area contributed by atoms with Crippen molar-refractivity contribution in [3.05, 3.63) is 11.5 Å². The van der Waals surface area contributed by atoms with Gasteiger partial charge in [0.25, 0.3) is 10.0 Å². The summed E-state index contributed by atoms with van der Waals surface area (Å²) >= 11 is 5.47. The van der Waals surface area contributed by atoms with Crippen molar-refractivity contribution in [1.29, 1.82) is 0 Å². The van der Waals surface area contributed by atoms with Crippen LogP contribution in [0.15, 0.2) is 11.2 Å². The molecule has 0 saturated carbocycles. The number of imidazole rings is 1. The van der Waals surface area contributed by atoms with Gasteiger partial charge < -0.3 is 4.57 Å². The van der Waals surface area contributed by atoms with Crippen LogP contribution in [0.5, 0.6) is 0 Å². The first-order valence-corrected chi connectivity index (χ1v) is 4.55. The summed E-state index contributed by atoms with van der Waals surface area (Å²) in [6.07, 6.45) is 1.25. The summed E-state index contributed by atoms with van der Waals surface area (Å²) in [4.78, 5) is 3.50. The smallest absolute Gasteiger partial charge is 0.257 e. The number of nitrogens with zero attached hydrogens (tertiary/aromatic N) is 2. The maximum Gasteiger partial charge on any atom is 0.257 e. The first-order chi connectivity index (χ1) is 4.91. The first kappa shape index (κ1) is 8.51. The molecule has 62 valence electrons. The molecular weight excluding hydrogens is 190 g/mol. The van der Waals surface area contributed by atoms with Crippen LogP contribution in [0.2, 0.25) is 5.28 Å². The Hall–Kier alpha value is -0.590. The van der Waals surface area contributed by atoms with Crippen LogP contribution < -0.4 is 5.14 Å². The summed E-state index contributed by atoms with van der Waals surface area (Å²) in [6.45, 7) is 0. The number of hydrogen-bond donors (Lipinski definition) is 1. The second-order valence-electron chi connectivity index (χ2n) is 2.00. The molecule has 1 rings (SSSR count). The minimum Gasteiger partial charge on any atom is -0.323 e. The van der Waals surface area contributed by atoms with E-state index in [9.17, 15) is 8.42 Å². The standard InChI is InChI=1S/C4H6ClN3O2S/c1-8-2-3(7-4(8)5)11(6,9)10/h2H,1H3,(H2,6,9,10). The van der Waals surface area contributed by atoms with E-state index in [1.54, 1.807) is 7.05 Å². The van der Waals surface area contributed by atoms with E-state index in [4.69, 9.17) is 16.7 Å². The molecule has 0 aromatic carbocycles. The van der Waals surface area contributed by atoms with Crippen molar-refractivity contribution in [1.82, 2.24) is 9.55 Å². The molecule has 0 unspecified atom stereocenters. The number of hydrogen-bond acceptors (Lipinski definition) is 3. The number of sulfonamides is 1. The number of rotatable bonds is 1. The van der Waals surface area contributed by atoms with Gasteiger partial charge in [-0.1, -0.05) is 0 Å². The summed E-state index contributed by atoms with van der Waals surface area (Å²) in [6, 6.07) is 0. The number of primary sulfonamides is 1. The minimum absolute atomic E-state index is 0.0917. The highest BCUT2D eigenvalue weighted by molar-refractivity contribution is 7.89. The molecule has 7 heteroatoms. The summed E-state index contributed by atoms with van der Waals surface area (Å²) in [5.41, 5.74) is 0. The lowest BCUT2D eigenvalue weighted by molar-refractivity contribution is 0.594. The van der Waals surface area contributed by atoms with E-state index in [-0.39, 0.29) is 10.3 Å². The largest absolute Gasteiger partial charge is 0.323 e. The average Bonchev–Trinajstić information content (AvgIpc) is 2.11. The Morgan fingerprint density at radius 1 is 1.73 bits per heavy atom. The van der Waals surface area contributed by atoms with E-state index in [2.05, 4.69) is 4.98 Å². The van der Waals surface area contributed by atoms with E-state index in [0.29, 0.717) is 0 Å². The zero-order chi connectivity index (χ0) is 8.65. The highest BCUT2D eigenvalue weighted by atomic mass is 35.5. The lowest BCUT2D eigenvalue weighted by atomic mass is 10.9. The van der Waals surface area contributed by atoms with Crippen LogP contribution in [0, 0.1) is 0 Å². The molecule has 0 aliphatic rings. The SMILES string of the molecule is Cn1cc(S(N)(=O)=O)nc1Cl. The van der Waals surface area contributed by atoms with E-state index in [1.807, 2.05) is 0 Å². The molecule has 1 aromatic heterocycles. The van der Waals surface area contributed by atoms with E-state index < -0.39 is 10.0 Å². The van der Waals surface area contributed by atoms with Crippen molar-refractivity contribution >= 4 is 21.6 Å². The maximum atomic E-state index is 10.6. The van der Waals surface area contributed by atoms with Gasteiger partial charge in [0.1, 0.15) is 0 Å². The van der Waals surface area contributed by atoms with Crippen LogP contribution in [-0.2, 0) is 17.1 Å². The highest BCUT2D eigenvalue weighted by Gasteiger charge is 2.12. The van der Waals surface area contributed by atoms with Gasteiger partial charge in [0.15, 0.2) is 5.03 Å². The molecule has 0 saturated heterocycles. The Kier molecular flexibility index (Phi) is 1.91. The van der Waals surface area contributed by atoms with Gasteiger partial charge in [-0.3, -0.25) is 0 Å². The topological polar surface area (TPSA) is 78.0 Å². The molecule has 0 radical (unpaired) electrons. The molecule has 11 heavy (non-hydrogen) atoms. The predicted molar refractivity (Wildman–Crippen MR) is 39.6 cm³/mol. The van der Waals surface area contributed by atoms with Crippen molar-refractivity contribution < 1.29 is 8.42 Å². The Balaban J connectivity index is 3.29. The fourth-order valence-corrected chi connectivity index (χ4v) is 1.26. The molecule has 2 N–H and O–H groups in total. The molecular formula is C4H6ClN3O2S. The fraction of sp³-hybridized carbons (Fsp3) is 0.250. The second kappa shape index (κ2) is 2.47. The summed E-state index contributed by atoms with van der Waals surface area (Å²) in [7, 11) is -2.15. The van der Waals surface area contributed by atoms with Gasteiger partial charge in [-0.05, 0) is 11.6 Å². The Labute approximate surface area is 68.8 Å². The minimum atomic E-state index is -3.72. The van der Waals surface area contributed by atoms with Crippen molar-refractivity contribution in [2.75, 3.05) is 0 Å². The lowest BCUT2D eigenvalue weighted by Crippen LogP contribution is -2.12. The van der Waals surface area contributed by atoms with E-state index in [1.165, 1.54) is 10.8 Å². The third-order valence-corrected chi connectivity index (χ3v) is 2.22. The number of halogens is 1. The fourth-order valence-electron chi connectivity index (χ4n) is 0.555. The normalized spacial score (nSPS) is 11.9. The zero-order valence-electron chi connectivity index (χ0n) is 5.65. The van der Waals surface area contributed by atoms with Crippen molar-refractivity contribution in [2.45, 2.75) is 5.03 Å². The van der Waals surface area contributed by atoms with Crippen molar-refractivity contribution in [3.63, 3.8) is 0 Å². The third kappa shape index (κ3) is 1.70. The number of aromatic nitrogens is 2. The molecule has 0 atom stereocenters. The summed E-state index contributed by atoms with van der Waals surface area (Å²) in [5.74, 6) is 0. The van der Waals surface area contributed by atoms with Gasteiger partial charge in [0.05, 0.1) is 0 Å². The predicted octanol–water partition coefficient (Wildman–Crippen LogP) is -0.279. The molecule has 0 amide bonds. The van der Waals surface area contributed by atoms with Gasteiger partial charge in [0, 0.05) is 13.2 Å². The van der Waals surface area contributed by atoms with Gasteiger partial charge in [-0.15, -0.1) is 0 Å². The maximum absolute atomic E-state index is 10.6. The van der Waals surface area contributed by atoms with Gasteiger partial charge in [0.2, 0.25) is 5.28 Å². The quantitative estimate of drug-likeness (QED) is 0.670. The third-order valence-electron chi connectivity index (χ3n) is 1.09. The number of aryl methyl sites for hydroxylation is 1. The summed E-state index contributed by atoms with van der Waals surface area (Å²) < 4.78 is 22.6. The van der Waals surface area contributed by atoms with Crippen LogP contribution >= 0.6 is 11.6 Å². The molecule has 1 aromatic rings. The Bertz CT molecular complexity index is 349. The van der Waals surface area contributed by atoms with Gasteiger partial charge >= 0.3 is 0 Å². The average molecular weight is 196 g/mol. The molecule has 0 spiro atoms. The molecule has 1 heterocycles. The van der Waals surface area contributed by atoms with Crippen LogP contribution in [0.3, 0.4) is 0 Å². The van der Waals surface area contributed by atoms with Gasteiger partial charge in [-0.2, -0.15) is 0 Å². The van der Waals surface area contributed by atoms with Crippen LogP contribution in [0.4, 0.5) is 0 Å². The molecule has 0 aliphatic heterocycles. The van der Waals surface area contributed by atoms with Crippen molar-refractivity contribution in [3.8, 4) is 0 Å². The molecule has 5 nitrogen and oxygen atoms in total. The lowest BCUT2D eigenvalue weighted by Gasteiger charge is -1.86. The Morgan fingerprint density at radius 2 is 2.27 bits per heavy atom. The van der Waals surface area contributed by atoms with E-state index >= 15 is 0 Å². The molecule has 0 aliphatic carbocycles. The van der Waals surface area contributed by atoms with E-state index in [0.717, 1.165) is 0 Å². The van der Waals surface area contributed by atoms with Crippen LogP contribution in [0.25, 0.3) is 0 Å². The van der Waals surface area contributed by atoms with Crippen molar-refractivity contribution in [2.24, 2.45) is 12.2 Å². The Morgan fingerprint density at radius 3 is 2.45 bits per heavy atom. The first-order valence-electron chi connectivity index (χ1n) is 2.63.